The standard InChI is InChI=1S/C3H7O.Ir/c1-3(2)4;/h3H,1-2H3;/q-1;+1. The molecule has 0 bridgehead atoms. The minimum atomic E-state index is 0.384. The normalized spacial score (nSPS) is 9.80. The number of hydrogen-bond acceptors (Lipinski definition) is 1. The Morgan fingerprint density at radius 2 is 1.80 bits per heavy atom. The zero-order chi connectivity index (χ0) is 4.28. The van der Waals surface area contributed by atoms with Gasteiger partial charge in [-0.15, -0.1) is 0 Å². The molecule has 0 aromatic rings. The first kappa shape index (κ1) is 5.61. The minimum absolute atomic E-state index is 0.384. The third kappa shape index (κ3) is 4.61. The summed E-state index contributed by atoms with van der Waals surface area (Å²) in [5.41, 5.74) is 0. The van der Waals surface area contributed by atoms with E-state index in [9.17, 15) is 0 Å². The second-order valence-electron chi connectivity index (χ2n) is 1.13. The third-order valence-corrected chi connectivity index (χ3v) is 1.29. The molecular weight excluding hydrogens is 244 g/mol. The van der Waals surface area contributed by atoms with Crippen LogP contribution >= 0.6 is 0 Å². The Morgan fingerprint density at radius 3 is 1.80 bits per heavy atom. The van der Waals surface area contributed by atoms with E-state index in [0.29, 0.717) is 6.10 Å². The molecule has 1 nitrogen and oxygen atoms in total. The van der Waals surface area contributed by atoms with Crippen LogP contribution in [-0.4, -0.2) is 6.10 Å². The molecule has 0 N–H and O–H groups in total. The fraction of sp³-hybridized carbons (Fsp3) is 1.00. The molecule has 5 heavy (non-hydrogen) atoms. The van der Waals surface area contributed by atoms with Crippen molar-refractivity contribution in [2.24, 2.45) is 0 Å². The van der Waals surface area contributed by atoms with Crippen LogP contribution in [0.1, 0.15) is 13.8 Å². The Balaban J connectivity index is 2.54. The molecule has 34 valence electrons. The van der Waals surface area contributed by atoms with Crippen molar-refractivity contribution in [3.8, 4) is 0 Å². The molecule has 0 heterocycles. The van der Waals surface area contributed by atoms with Crippen LogP contribution in [0.25, 0.3) is 0 Å². The van der Waals surface area contributed by atoms with E-state index in [1.807, 2.05) is 13.8 Å². The average Bonchev–Trinajstić information content (AvgIpc) is 1.38. The van der Waals surface area contributed by atoms with Gasteiger partial charge in [-0.2, -0.15) is 0 Å². The Morgan fingerprint density at radius 1 is 1.60 bits per heavy atom. The molecule has 0 fully saturated rings. The molecule has 0 aromatic carbocycles. The molecule has 0 unspecified atom stereocenters. The van der Waals surface area contributed by atoms with Crippen LogP contribution in [0, 0.1) is 0 Å². The van der Waals surface area contributed by atoms with E-state index in [1.165, 1.54) is 0 Å². The molecule has 0 amide bonds. The molecular formula is C3H7IrO. The van der Waals surface area contributed by atoms with E-state index in [1.54, 1.807) is 19.3 Å². The van der Waals surface area contributed by atoms with Gasteiger partial charge in [0.1, 0.15) is 0 Å². The Labute approximate surface area is 43.3 Å². The third-order valence-electron chi connectivity index (χ3n) is 0.157. The fourth-order valence-corrected chi connectivity index (χ4v) is 0. The van der Waals surface area contributed by atoms with E-state index in [0.717, 1.165) is 0 Å². The van der Waals surface area contributed by atoms with Crippen LogP contribution in [0.4, 0.5) is 0 Å². The maximum atomic E-state index is 4.75. The second-order valence-corrected chi connectivity index (χ2v) is 1.69. The Bertz CT molecular complexity index is 20.9. The first-order valence-corrected chi connectivity index (χ1v) is 2.50. The van der Waals surface area contributed by atoms with Gasteiger partial charge in [0.2, 0.25) is 0 Å². The number of hydrogen-bond donors (Lipinski definition) is 0. The van der Waals surface area contributed by atoms with Gasteiger partial charge in [-0.1, -0.05) is 0 Å². The van der Waals surface area contributed by atoms with Gasteiger partial charge in [0.05, 0.1) is 0 Å². The molecule has 0 rings (SSSR count). The van der Waals surface area contributed by atoms with E-state index >= 15 is 0 Å². The van der Waals surface area contributed by atoms with Crippen LogP contribution in [0.15, 0.2) is 0 Å². The topological polar surface area (TPSA) is 9.23 Å². The summed E-state index contributed by atoms with van der Waals surface area (Å²) in [4.78, 5) is 0. The zero-order valence-electron chi connectivity index (χ0n) is 3.32. The van der Waals surface area contributed by atoms with Crippen molar-refractivity contribution in [2.75, 3.05) is 0 Å². The van der Waals surface area contributed by atoms with Crippen LogP contribution in [0.5, 0.6) is 0 Å². The van der Waals surface area contributed by atoms with Crippen LogP contribution < -0.4 is 0 Å². The molecule has 2 heteroatoms. The van der Waals surface area contributed by atoms with Gasteiger partial charge in [-0.3, -0.25) is 0 Å². The van der Waals surface area contributed by atoms with Crippen LogP contribution in [-0.2, 0) is 22.8 Å². The monoisotopic (exact) mass is 252 g/mol. The quantitative estimate of drug-likeness (QED) is 0.672. The summed E-state index contributed by atoms with van der Waals surface area (Å²) in [6.07, 6.45) is 0.384. The van der Waals surface area contributed by atoms with Crippen molar-refractivity contribution >= 4 is 0 Å². The molecule has 0 aliphatic heterocycles. The Kier molecular flexibility index (Phi) is 3.17. The molecule has 0 saturated carbocycles. The summed E-state index contributed by atoms with van der Waals surface area (Å²) in [6.45, 7) is 4.00. The van der Waals surface area contributed by atoms with E-state index in [2.05, 4.69) is 0 Å². The van der Waals surface area contributed by atoms with E-state index < -0.39 is 0 Å². The maximum absolute atomic E-state index is 4.75. The van der Waals surface area contributed by atoms with Crippen molar-refractivity contribution in [1.82, 2.24) is 0 Å². The average molecular weight is 251 g/mol. The molecule has 0 aromatic heterocycles. The summed E-state index contributed by atoms with van der Waals surface area (Å²) in [5, 5.41) is 0. The first-order valence-electron chi connectivity index (χ1n) is 1.53. The predicted molar refractivity (Wildman–Crippen MR) is 16.2 cm³/mol. The fourth-order valence-electron chi connectivity index (χ4n) is 0. The van der Waals surface area contributed by atoms with Gasteiger partial charge >= 0.3 is 42.7 Å². The van der Waals surface area contributed by atoms with Gasteiger partial charge in [0, 0.05) is 0 Å². The molecule has 0 saturated heterocycles. The summed E-state index contributed by atoms with van der Waals surface area (Å²) in [6, 6.07) is 0. The first-order chi connectivity index (χ1) is 2.27. The van der Waals surface area contributed by atoms with Gasteiger partial charge in [-0.05, 0) is 0 Å². The van der Waals surface area contributed by atoms with Crippen molar-refractivity contribution in [2.45, 2.75) is 20.0 Å². The van der Waals surface area contributed by atoms with Gasteiger partial charge in [0.15, 0.2) is 0 Å². The van der Waals surface area contributed by atoms with Crippen molar-refractivity contribution in [1.29, 1.82) is 0 Å². The van der Waals surface area contributed by atoms with E-state index in [-0.39, 0.29) is 0 Å². The summed E-state index contributed by atoms with van der Waals surface area (Å²) in [5.74, 6) is 0. The van der Waals surface area contributed by atoms with Crippen molar-refractivity contribution in [3.05, 3.63) is 0 Å². The summed E-state index contributed by atoms with van der Waals surface area (Å²) < 4.78 is 4.75. The van der Waals surface area contributed by atoms with E-state index in [4.69, 9.17) is 3.50 Å². The molecule has 0 radical (unpaired) electrons. The van der Waals surface area contributed by atoms with Crippen molar-refractivity contribution in [3.63, 3.8) is 0 Å². The Hall–Kier alpha value is 0.609. The summed E-state index contributed by atoms with van der Waals surface area (Å²) >= 11 is 1.70. The number of rotatable bonds is 1. The molecule has 0 aliphatic carbocycles. The van der Waals surface area contributed by atoms with Gasteiger partial charge in [-0.25, -0.2) is 0 Å². The zero-order valence-corrected chi connectivity index (χ0v) is 5.71. The van der Waals surface area contributed by atoms with Crippen LogP contribution in [0.3, 0.4) is 0 Å². The van der Waals surface area contributed by atoms with Gasteiger partial charge < -0.3 is 0 Å². The summed E-state index contributed by atoms with van der Waals surface area (Å²) in [7, 11) is 0. The molecule has 0 aliphatic rings. The van der Waals surface area contributed by atoms with Crippen molar-refractivity contribution < 1.29 is 22.8 Å². The molecule has 0 spiro atoms. The predicted octanol–water partition coefficient (Wildman–Crippen LogP) is 0.873. The SMILES string of the molecule is CC(C)[O][Ir]. The molecule has 0 atom stereocenters. The second kappa shape index (κ2) is 2.83. The van der Waals surface area contributed by atoms with Gasteiger partial charge in [0.25, 0.3) is 0 Å². The van der Waals surface area contributed by atoms with Crippen LogP contribution in [0.2, 0.25) is 0 Å².